The van der Waals surface area contributed by atoms with Crippen molar-refractivity contribution < 1.29 is 4.79 Å². The first-order valence-corrected chi connectivity index (χ1v) is 11.0. The third-order valence-electron chi connectivity index (χ3n) is 5.98. The van der Waals surface area contributed by atoms with Gasteiger partial charge in [0.25, 0.3) is 0 Å². The van der Waals surface area contributed by atoms with E-state index < -0.39 is 0 Å². The zero-order valence-electron chi connectivity index (χ0n) is 18.0. The second-order valence-corrected chi connectivity index (χ2v) is 8.22. The quantitative estimate of drug-likeness (QED) is 0.730. The largest absolute Gasteiger partial charge is 0.356 e. The molecule has 2 aliphatic rings. The second kappa shape index (κ2) is 9.28. The van der Waals surface area contributed by atoms with Gasteiger partial charge >= 0.3 is 0 Å². The number of carbonyl (C=O) groups is 1. The van der Waals surface area contributed by atoms with Crippen LogP contribution >= 0.6 is 0 Å². The summed E-state index contributed by atoms with van der Waals surface area (Å²) in [6.07, 6.45) is 7.38. The predicted octanol–water partition coefficient (Wildman–Crippen LogP) is 3.45. The van der Waals surface area contributed by atoms with Crippen molar-refractivity contribution in [1.29, 1.82) is 0 Å². The molecule has 0 saturated carbocycles. The van der Waals surface area contributed by atoms with E-state index in [2.05, 4.69) is 33.8 Å². The standard InChI is InChI=1S/C24H31N5O/c1-19-8-4-5-9-21(19)10-11-23(30)28-14-16-29(17-15-28)24-25-20(2)18-22(26-24)27-12-6-3-7-13-27/h4-5,8-11,18H,3,6-7,12-17H2,1-2H3/b11-10+. The third-order valence-corrected chi connectivity index (χ3v) is 5.98. The second-order valence-electron chi connectivity index (χ2n) is 8.22. The Hall–Kier alpha value is -2.89. The summed E-state index contributed by atoms with van der Waals surface area (Å²) in [6.45, 7) is 9.13. The fourth-order valence-corrected chi connectivity index (χ4v) is 4.13. The molecule has 4 rings (SSSR count). The average molecular weight is 406 g/mol. The van der Waals surface area contributed by atoms with E-state index in [0.717, 1.165) is 49.2 Å². The lowest BCUT2D eigenvalue weighted by molar-refractivity contribution is -0.126. The fourth-order valence-electron chi connectivity index (χ4n) is 4.13. The number of aromatic nitrogens is 2. The van der Waals surface area contributed by atoms with Crippen LogP contribution in [0.4, 0.5) is 11.8 Å². The molecule has 3 heterocycles. The molecule has 1 amide bonds. The molecule has 2 fully saturated rings. The molecule has 2 aliphatic heterocycles. The predicted molar refractivity (Wildman–Crippen MR) is 122 cm³/mol. The maximum absolute atomic E-state index is 12.6. The van der Waals surface area contributed by atoms with Crippen molar-refractivity contribution in [1.82, 2.24) is 14.9 Å². The van der Waals surface area contributed by atoms with Gasteiger partial charge in [-0.2, -0.15) is 4.98 Å². The van der Waals surface area contributed by atoms with Crippen molar-refractivity contribution in [2.45, 2.75) is 33.1 Å². The molecule has 1 aromatic heterocycles. The number of piperidine rings is 1. The lowest BCUT2D eigenvalue weighted by atomic mass is 10.1. The molecule has 6 heteroatoms. The number of piperazine rings is 1. The number of hydrogen-bond donors (Lipinski definition) is 0. The van der Waals surface area contributed by atoms with Crippen LogP contribution in [-0.4, -0.2) is 60.0 Å². The molecule has 0 spiro atoms. The smallest absolute Gasteiger partial charge is 0.246 e. The molecular weight excluding hydrogens is 374 g/mol. The van der Waals surface area contributed by atoms with Gasteiger partial charge in [-0.05, 0) is 50.3 Å². The molecule has 0 unspecified atom stereocenters. The fraction of sp³-hybridized carbons (Fsp3) is 0.458. The Morgan fingerprint density at radius 3 is 2.37 bits per heavy atom. The highest BCUT2D eigenvalue weighted by Gasteiger charge is 2.23. The topological polar surface area (TPSA) is 52.6 Å². The van der Waals surface area contributed by atoms with E-state index in [-0.39, 0.29) is 5.91 Å². The van der Waals surface area contributed by atoms with Crippen LogP contribution in [0.25, 0.3) is 6.08 Å². The molecule has 2 aromatic rings. The van der Waals surface area contributed by atoms with Gasteiger partial charge in [0.15, 0.2) is 0 Å². The van der Waals surface area contributed by atoms with Crippen LogP contribution in [0, 0.1) is 13.8 Å². The number of amides is 1. The molecule has 1 aromatic carbocycles. The van der Waals surface area contributed by atoms with Gasteiger partial charge < -0.3 is 14.7 Å². The van der Waals surface area contributed by atoms with E-state index in [1.54, 1.807) is 6.08 Å². The van der Waals surface area contributed by atoms with E-state index in [1.165, 1.54) is 24.8 Å². The Kier molecular flexibility index (Phi) is 6.31. The summed E-state index contributed by atoms with van der Waals surface area (Å²) < 4.78 is 0. The summed E-state index contributed by atoms with van der Waals surface area (Å²) in [5.41, 5.74) is 3.26. The molecular formula is C24H31N5O. The summed E-state index contributed by atoms with van der Waals surface area (Å²) in [5.74, 6) is 1.90. The zero-order chi connectivity index (χ0) is 20.9. The van der Waals surface area contributed by atoms with E-state index in [4.69, 9.17) is 4.98 Å². The van der Waals surface area contributed by atoms with Gasteiger partial charge in [-0.15, -0.1) is 0 Å². The first-order chi connectivity index (χ1) is 14.6. The van der Waals surface area contributed by atoms with Crippen molar-refractivity contribution >= 4 is 23.7 Å². The van der Waals surface area contributed by atoms with Gasteiger partial charge in [0.2, 0.25) is 11.9 Å². The van der Waals surface area contributed by atoms with Crippen LogP contribution in [0.2, 0.25) is 0 Å². The van der Waals surface area contributed by atoms with E-state index in [0.29, 0.717) is 13.1 Å². The molecule has 158 valence electrons. The summed E-state index contributed by atoms with van der Waals surface area (Å²) in [5, 5.41) is 0. The Balaban J connectivity index is 1.38. The minimum Gasteiger partial charge on any atom is -0.356 e. The first-order valence-electron chi connectivity index (χ1n) is 11.0. The van der Waals surface area contributed by atoms with Crippen LogP contribution < -0.4 is 9.80 Å². The SMILES string of the molecule is Cc1cc(N2CCCCC2)nc(N2CCN(C(=O)/C=C/c3ccccc3C)CC2)n1. The van der Waals surface area contributed by atoms with E-state index >= 15 is 0 Å². The van der Waals surface area contributed by atoms with E-state index in [9.17, 15) is 4.79 Å². The number of aryl methyl sites for hydroxylation is 2. The number of carbonyl (C=O) groups excluding carboxylic acids is 1. The minimum absolute atomic E-state index is 0.0667. The average Bonchev–Trinajstić information content (AvgIpc) is 2.78. The minimum atomic E-state index is 0.0667. The number of rotatable bonds is 4. The molecule has 0 radical (unpaired) electrons. The molecule has 2 saturated heterocycles. The van der Waals surface area contributed by atoms with Crippen molar-refractivity contribution in [3.05, 3.63) is 53.2 Å². The normalized spacial score (nSPS) is 17.6. The van der Waals surface area contributed by atoms with Gasteiger partial charge in [-0.3, -0.25) is 4.79 Å². The lowest BCUT2D eigenvalue weighted by Gasteiger charge is -2.35. The highest BCUT2D eigenvalue weighted by atomic mass is 16.2. The number of benzene rings is 1. The van der Waals surface area contributed by atoms with Gasteiger partial charge in [0.05, 0.1) is 0 Å². The molecule has 30 heavy (non-hydrogen) atoms. The van der Waals surface area contributed by atoms with E-state index in [1.807, 2.05) is 36.1 Å². The molecule has 6 nitrogen and oxygen atoms in total. The molecule has 0 bridgehead atoms. The molecule has 0 atom stereocenters. The molecule has 0 N–H and O–H groups in total. The van der Waals surface area contributed by atoms with Crippen LogP contribution in [0.3, 0.4) is 0 Å². The van der Waals surface area contributed by atoms with Crippen molar-refractivity contribution in [3.8, 4) is 0 Å². The van der Waals surface area contributed by atoms with Crippen LogP contribution in [0.5, 0.6) is 0 Å². The summed E-state index contributed by atoms with van der Waals surface area (Å²) in [4.78, 5) is 28.6. The Labute approximate surface area is 179 Å². The van der Waals surface area contributed by atoms with Crippen LogP contribution in [0.15, 0.2) is 36.4 Å². The van der Waals surface area contributed by atoms with Crippen molar-refractivity contribution in [2.24, 2.45) is 0 Å². The Morgan fingerprint density at radius 2 is 1.63 bits per heavy atom. The maximum Gasteiger partial charge on any atom is 0.246 e. The van der Waals surface area contributed by atoms with Crippen LogP contribution in [0.1, 0.15) is 36.1 Å². The highest BCUT2D eigenvalue weighted by Crippen LogP contribution is 2.22. The number of hydrogen-bond acceptors (Lipinski definition) is 5. The molecule has 0 aliphatic carbocycles. The maximum atomic E-state index is 12.6. The summed E-state index contributed by atoms with van der Waals surface area (Å²) in [6, 6.07) is 10.2. The van der Waals surface area contributed by atoms with Crippen molar-refractivity contribution in [3.63, 3.8) is 0 Å². The van der Waals surface area contributed by atoms with Gasteiger partial charge in [-0.25, -0.2) is 4.98 Å². The lowest BCUT2D eigenvalue weighted by Crippen LogP contribution is -2.49. The zero-order valence-corrected chi connectivity index (χ0v) is 18.0. The number of anilines is 2. The van der Waals surface area contributed by atoms with Crippen LogP contribution in [-0.2, 0) is 4.79 Å². The highest BCUT2D eigenvalue weighted by molar-refractivity contribution is 5.92. The Morgan fingerprint density at radius 1 is 0.900 bits per heavy atom. The van der Waals surface area contributed by atoms with Gasteiger partial charge in [-0.1, -0.05) is 24.3 Å². The summed E-state index contributed by atoms with van der Waals surface area (Å²) in [7, 11) is 0. The van der Waals surface area contributed by atoms with Crippen molar-refractivity contribution in [2.75, 3.05) is 49.1 Å². The first kappa shape index (κ1) is 20.4. The monoisotopic (exact) mass is 405 g/mol. The van der Waals surface area contributed by atoms with Gasteiger partial charge in [0, 0.05) is 57.1 Å². The van der Waals surface area contributed by atoms with Gasteiger partial charge in [0.1, 0.15) is 5.82 Å². The number of nitrogens with zero attached hydrogens (tertiary/aromatic N) is 5. The summed E-state index contributed by atoms with van der Waals surface area (Å²) >= 11 is 0. The Bertz CT molecular complexity index is 912. The third kappa shape index (κ3) is 4.81.